The molecule has 0 fully saturated rings. The molecular formula is C9H20NNaOS2. The van der Waals surface area contributed by atoms with Gasteiger partial charge in [0.2, 0.25) is 0 Å². The molecule has 0 atom stereocenters. The summed E-state index contributed by atoms with van der Waals surface area (Å²) < 4.78 is 0. The molecule has 0 unspecified atom stereocenters. The Balaban J connectivity index is -0.000000720. The fourth-order valence-electron chi connectivity index (χ4n) is 1.05. The number of carbonyl (C=O) groups excluding carboxylic acids is 1. The van der Waals surface area contributed by atoms with Crippen molar-refractivity contribution in [1.29, 1.82) is 0 Å². The van der Waals surface area contributed by atoms with E-state index in [1.165, 1.54) is 0 Å². The van der Waals surface area contributed by atoms with Gasteiger partial charge in [-0.25, -0.2) is 0 Å². The molecule has 1 amide bonds. The Kier molecular flexibility index (Phi) is 15.4. The molecule has 2 nitrogen and oxygen atoms in total. The maximum Gasteiger partial charge on any atom is 1.00 e. The summed E-state index contributed by atoms with van der Waals surface area (Å²) in [7, 11) is 1.02. The van der Waals surface area contributed by atoms with E-state index in [9.17, 15) is 4.79 Å². The number of hydrogen-bond donors (Lipinski definition) is 1. The van der Waals surface area contributed by atoms with E-state index in [-0.39, 0.29) is 36.2 Å². The average molecular weight is 245 g/mol. The summed E-state index contributed by atoms with van der Waals surface area (Å²) in [6.07, 6.45) is 4.44. The van der Waals surface area contributed by atoms with Crippen LogP contribution in [-0.2, 0) is 0 Å². The summed E-state index contributed by atoms with van der Waals surface area (Å²) >= 11 is 3.92. The quantitative estimate of drug-likeness (QED) is 0.422. The molecule has 0 aromatic carbocycles. The van der Waals surface area contributed by atoms with Crippen LogP contribution >= 0.6 is 22.5 Å². The van der Waals surface area contributed by atoms with E-state index in [0.717, 1.165) is 49.6 Å². The molecule has 80 valence electrons. The second-order valence-corrected chi connectivity index (χ2v) is 4.13. The largest absolute Gasteiger partial charge is 1.00 e. The maximum atomic E-state index is 11.3. The van der Waals surface area contributed by atoms with Gasteiger partial charge in [-0.05, 0) is 12.8 Å². The number of nitrogens with zero attached hydrogens (tertiary/aromatic N) is 1. The smallest absolute Gasteiger partial charge is 1.00 e. The molecule has 0 aromatic heterocycles. The Hall–Kier alpha value is 1.17. The average Bonchev–Trinajstić information content (AvgIpc) is 2.17. The standard InChI is InChI=1S/C9H19NOS2.Na.H/c1-3-5-7-10(8-6-4-2)9(11)13-12;;/h12H,3-8H2,1-2H3;;/q;+1;-1. The fraction of sp³-hybridized carbons (Fsp3) is 0.889. The Morgan fingerprint density at radius 1 is 1.29 bits per heavy atom. The number of thiol groups is 1. The van der Waals surface area contributed by atoms with Gasteiger partial charge in [-0.2, -0.15) is 0 Å². The number of rotatable bonds is 6. The predicted octanol–water partition coefficient (Wildman–Crippen LogP) is 0.703. The molecule has 0 aliphatic heterocycles. The van der Waals surface area contributed by atoms with Crippen LogP contribution in [0.15, 0.2) is 0 Å². The first-order valence-corrected chi connectivity index (χ1v) is 6.73. The molecule has 0 bridgehead atoms. The zero-order chi connectivity index (χ0) is 10.1. The Bertz CT molecular complexity index is 144. The third-order valence-electron chi connectivity index (χ3n) is 1.90. The third kappa shape index (κ3) is 8.48. The molecule has 0 N–H and O–H groups in total. The van der Waals surface area contributed by atoms with Crippen LogP contribution in [0.4, 0.5) is 4.79 Å². The summed E-state index contributed by atoms with van der Waals surface area (Å²) in [4.78, 5) is 13.2. The van der Waals surface area contributed by atoms with Crippen LogP contribution in [0.5, 0.6) is 0 Å². The first kappa shape index (κ1) is 17.6. The normalized spacial score (nSPS) is 9.36. The van der Waals surface area contributed by atoms with Crippen molar-refractivity contribution in [3.63, 3.8) is 0 Å². The summed E-state index contributed by atoms with van der Waals surface area (Å²) in [6, 6.07) is 0. The first-order valence-electron chi connectivity index (χ1n) is 4.86. The second kappa shape index (κ2) is 12.2. The van der Waals surface area contributed by atoms with Crippen LogP contribution in [0.3, 0.4) is 0 Å². The van der Waals surface area contributed by atoms with Gasteiger partial charge < -0.3 is 6.33 Å². The molecule has 14 heavy (non-hydrogen) atoms. The van der Waals surface area contributed by atoms with Crippen LogP contribution in [0.25, 0.3) is 0 Å². The zero-order valence-electron chi connectivity index (χ0n) is 10.5. The van der Waals surface area contributed by atoms with Gasteiger partial charge in [-0.3, -0.25) is 4.79 Å². The monoisotopic (exact) mass is 245 g/mol. The van der Waals surface area contributed by atoms with Gasteiger partial charge in [0.25, 0.3) is 5.24 Å². The van der Waals surface area contributed by atoms with Crippen LogP contribution < -0.4 is 29.6 Å². The van der Waals surface area contributed by atoms with Gasteiger partial charge in [-0.1, -0.05) is 26.7 Å². The van der Waals surface area contributed by atoms with Gasteiger partial charge >= 0.3 is 29.6 Å². The van der Waals surface area contributed by atoms with Gasteiger partial charge in [0.05, 0.1) is 0 Å². The second-order valence-electron chi connectivity index (χ2n) is 3.05. The van der Waals surface area contributed by atoms with Crippen LogP contribution in [-0.4, -0.2) is 23.2 Å². The minimum absolute atomic E-state index is 0. The molecule has 5 heteroatoms. The molecule has 0 rings (SSSR count). The molecule has 0 saturated heterocycles. The van der Waals surface area contributed by atoms with Crippen molar-refractivity contribution < 1.29 is 35.8 Å². The van der Waals surface area contributed by atoms with Gasteiger partial charge in [0.1, 0.15) is 0 Å². The molecule has 0 heterocycles. The Labute approximate surface area is 120 Å². The number of amides is 1. The molecule has 0 aliphatic rings. The molecule has 0 saturated carbocycles. The molecular weight excluding hydrogens is 225 g/mol. The zero-order valence-corrected chi connectivity index (χ0v) is 13.2. The predicted molar refractivity (Wildman–Crippen MR) is 64.5 cm³/mol. The van der Waals surface area contributed by atoms with E-state index in [1.807, 2.05) is 4.90 Å². The van der Waals surface area contributed by atoms with Crippen molar-refractivity contribution in [2.24, 2.45) is 0 Å². The third-order valence-corrected chi connectivity index (χ3v) is 2.78. The van der Waals surface area contributed by atoms with E-state index in [1.54, 1.807) is 0 Å². The van der Waals surface area contributed by atoms with Crippen molar-refractivity contribution >= 4 is 27.7 Å². The van der Waals surface area contributed by atoms with Crippen molar-refractivity contribution in [2.75, 3.05) is 13.1 Å². The summed E-state index contributed by atoms with van der Waals surface area (Å²) in [5.74, 6) is 0. The van der Waals surface area contributed by atoms with E-state index >= 15 is 0 Å². The van der Waals surface area contributed by atoms with E-state index in [2.05, 4.69) is 25.5 Å². The first-order chi connectivity index (χ1) is 6.26. The van der Waals surface area contributed by atoms with Gasteiger partial charge in [0.15, 0.2) is 0 Å². The van der Waals surface area contributed by atoms with E-state index < -0.39 is 0 Å². The van der Waals surface area contributed by atoms with Crippen molar-refractivity contribution in [1.82, 2.24) is 4.90 Å². The molecule has 0 aromatic rings. The van der Waals surface area contributed by atoms with E-state index in [0.29, 0.717) is 0 Å². The van der Waals surface area contributed by atoms with Gasteiger partial charge in [-0.15, -0.1) is 11.7 Å². The SMILES string of the molecule is CCCCN(CCCC)C(=O)SS.[H-].[Na+]. The minimum Gasteiger partial charge on any atom is -1.00 e. The molecule has 0 spiro atoms. The topological polar surface area (TPSA) is 20.3 Å². The van der Waals surface area contributed by atoms with Crippen LogP contribution in [0.1, 0.15) is 41.0 Å². The van der Waals surface area contributed by atoms with Crippen LogP contribution in [0, 0.1) is 0 Å². The summed E-state index contributed by atoms with van der Waals surface area (Å²) in [5.41, 5.74) is 0. The minimum atomic E-state index is 0. The summed E-state index contributed by atoms with van der Waals surface area (Å²) in [5, 5.41) is 0.0882. The molecule has 0 radical (unpaired) electrons. The maximum absolute atomic E-state index is 11.3. The number of carbonyl (C=O) groups is 1. The van der Waals surface area contributed by atoms with Crippen molar-refractivity contribution in [3.05, 3.63) is 0 Å². The Morgan fingerprint density at radius 3 is 2.00 bits per heavy atom. The fourth-order valence-corrected chi connectivity index (χ4v) is 1.69. The van der Waals surface area contributed by atoms with Crippen molar-refractivity contribution in [2.45, 2.75) is 39.5 Å². The van der Waals surface area contributed by atoms with Gasteiger partial charge in [0, 0.05) is 23.9 Å². The van der Waals surface area contributed by atoms with Crippen molar-refractivity contribution in [3.8, 4) is 0 Å². The number of unbranched alkanes of at least 4 members (excludes halogenated alkanes) is 2. The van der Waals surface area contributed by atoms with Crippen LogP contribution in [0.2, 0.25) is 0 Å². The molecule has 0 aliphatic carbocycles. The number of hydrogen-bond acceptors (Lipinski definition) is 3. The Morgan fingerprint density at radius 2 is 1.71 bits per heavy atom. The summed E-state index contributed by atoms with van der Waals surface area (Å²) in [6.45, 7) is 6.03. The van der Waals surface area contributed by atoms with E-state index in [4.69, 9.17) is 0 Å².